The largest absolute Gasteiger partial charge is 0.481 e. The maximum Gasteiger partial charge on any atom is 0.416 e. The summed E-state index contributed by atoms with van der Waals surface area (Å²) < 4.78 is 44.3. The normalized spacial score (nSPS) is 13.4. The van der Waals surface area contributed by atoms with Crippen molar-refractivity contribution in [3.63, 3.8) is 0 Å². The van der Waals surface area contributed by atoms with Gasteiger partial charge in [0.15, 0.2) is 5.65 Å². The Morgan fingerprint density at radius 1 is 1.11 bits per heavy atom. The fraction of sp³-hybridized carbons (Fsp3) is 0.424. The second-order valence-electron chi connectivity index (χ2n) is 12.3. The van der Waals surface area contributed by atoms with E-state index in [0.717, 1.165) is 27.5 Å². The Morgan fingerprint density at radius 3 is 2.37 bits per heavy atom. The zero-order valence-corrected chi connectivity index (χ0v) is 26.7. The lowest BCUT2D eigenvalue weighted by atomic mass is 9.95. The van der Waals surface area contributed by atoms with Gasteiger partial charge in [-0.05, 0) is 75.0 Å². The molecule has 3 heterocycles. The van der Waals surface area contributed by atoms with Crippen LogP contribution in [0.4, 0.5) is 13.2 Å². The minimum absolute atomic E-state index is 0.00425. The third kappa shape index (κ3) is 7.82. The summed E-state index contributed by atoms with van der Waals surface area (Å²) >= 11 is 0. The lowest BCUT2D eigenvalue weighted by molar-refractivity contribution is -0.139. The summed E-state index contributed by atoms with van der Waals surface area (Å²) in [6.45, 7) is 7.83. The Labute approximate surface area is 264 Å². The molecule has 0 fully saturated rings. The van der Waals surface area contributed by atoms with Crippen molar-refractivity contribution in [2.45, 2.75) is 65.2 Å². The van der Waals surface area contributed by atoms with Crippen LogP contribution in [-0.4, -0.2) is 61.7 Å². The molecule has 46 heavy (non-hydrogen) atoms. The number of nitrogens with one attached hydrogen (secondary N) is 1. The maximum atomic E-state index is 14.0. The van der Waals surface area contributed by atoms with Crippen molar-refractivity contribution in [3.8, 4) is 11.1 Å². The molecule has 0 radical (unpaired) electrons. The number of carbonyl (C=O) groups is 2. The average molecular weight is 641 g/mol. The molecule has 3 aromatic heterocycles. The van der Waals surface area contributed by atoms with Crippen LogP contribution in [0.3, 0.4) is 0 Å². The van der Waals surface area contributed by atoms with Crippen molar-refractivity contribution in [2.75, 3.05) is 20.6 Å². The summed E-state index contributed by atoms with van der Waals surface area (Å²) in [7, 11) is 3.45. The van der Waals surface area contributed by atoms with E-state index in [2.05, 4.69) is 15.4 Å². The highest BCUT2D eigenvalue weighted by Crippen LogP contribution is 2.34. The van der Waals surface area contributed by atoms with E-state index in [1.165, 1.54) is 4.52 Å². The molecule has 4 aromatic rings. The number of carboxylic acids is 1. The molecule has 2 N–H and O–H groups in total. The number of halogens is 3. The minimum Gasteiger partial charge on any atom is -0.481 e. The maximum absolute atomic E-state index is 14.0. The fourth-order valence-corrected chi connectivity index (χ4v) is 5.64. The van der Waals surface area contributed by atoms with Gasteiger partial charge in [0, 0.05) is 36.8 Å². The third-order valence-electron chi connectivity index (χ3n) is 7.81. The molecule has 0 bridgehead atoms. The first kappa shape index (κ1) is 34.4. The molecule has 2 atom stereocenters. The molecule has 0 aliphatic carbocycles. The number of carboxylic acid groups (broad SMARTS) is 1. The number of benzene rings is 1. The van der Waals surface area contributed by atoms with Crippen molar-refractivity contribution in [1.82, 2.24) is 29.4 Å². The van der Waals surface area contributed by atoms with Crippen LogP contribution in [0.1, 0.15) is 66.7 Å². The topological polar surface area (TPSA) is 122 Å². The van der Waals surface area contributed by atoms with Gasteiger partial charge in [-0.3, -0.25) is 14.4 Å². The number of fused-ring (bicyclic) bond motifs is 1. The van der Waals surface area contributed by atoms with Gasteiger partial charge in [0.05, 0.1) is 23.7 Å². The molecule has 0 saturated carbocycles. The Morgan fingerprint density at radius 2 is 1.78 bits per heavy atom. The summed E-state index contributed by atoms with van der Waals surface area (Å²) in [4.78, 5) is 45.4. The van der Waals surface area contributed by atoms with Crippen LogP contribution >= 0.6 is 0 Å². The number of likely N-dealkylation sites (N-methyl/N-ethyl adjacent to an activating group) is 1. The van der Waals surface area contributed by atoms with E-state index in [0.29, 0.717) is 17.3 Å². The molecular weight excluding hydrogens is 601 g/mol. The van der Waals surface area contributed by atoms with Gasteiger partial charge in [0.1, 0.15) is 6.04 Å². The number of hydrogen-bond acceptors (Lipinski definition) is 6. The molecule has 0 spiro atoms. The van der Waals surface area contributed by atoms with E-state index in [1.54, 1.807) is 37.5 Å². The first-order valence-electron chi connectivity index (χ1n) is 15.0. The second-order valence-corrected chi connectivity index (χ2v) is 12.3. The number of nitrogens with zero attached hydrogens (tertiary/aromatic N) is 5. The van der Waals surface area contributed by atoms with Crippen molar-refractivity contribution < 1.29 is 27.9 Å². The molecule has 2 unspecified atom stereocenters. The van der Waals surface area contributed by atoms with Gasteiger partial charge < -0.3 is 19.9 Å². The number of amides is 1. The number of aliphatic carboxylic acids is 1. The van der Waals surface area contributed by atoms with Crippen LogP contribution in [0.15, 0.2) is 53.7 Å². The van der Waals surface area contributed by atoms with E-state index >= 15 is 0 Å². The van der Waals surface area contributed by atoms with Crippen LogP contribution in [0.2, 0.25) is 0 Å². The number of aromatic nitrogens is 4. The van der Waals surface area contributed by atoms with Gasteiger partial charge in [-0.15, -0.1) is 0 Å². The molecule has 246 valence electrons. The number of aryl methyl sites for hydroxylation is 2. The van der Waals surface area contributed by atoms with Crippen LogP contribution in [0, 0.1) is 19.8 Å². The van der Waals surface area contributed by atoms with Gasteiger partial charge >= 0.3 is 12.1 Å². The number of hydrogen-bond donors (Lipinski definition) is 2. The number of imidazole rings is 1. The van der Waals surface area contributed by atoms with Gasteiger partial charge in [-0.2, -0.15) is 18.3 Å². The molecule has 0 aliphatic rings. The molecule has 10 nitrogen and oxygen atoms in total. The standard InChI is InChI=1S/C33H39F3N6O4/c1-19(2)14-27(41-18-22(10-12-40(5)6)24(16-28(41)43)33(34,35)36)32(46)38-25(17-29(44)45)26-15-23(31-37-11-13-42(31)39-26)30-20(3)8-7-9-21(30)4/h7-9,11,13,15-16,18-19,25,27H,10,12,14,17H2,1-6H3,(H,38,46)(H,44,45). The molecule has 1 amide bonds. The number of rotatable bonds is 12. The van der Waals surface area contributed by atoms with Crippen LogP contribution in [0.25, 0.3) is 16.8 Å². The van der Waals surface area contributed by atoms with Gasteiger partial charge in [0.25, 0.3) is 5.56 Å². The van der Waals surface area contributed by atoms with Crippen molar-refractivity contribution in [3.05, 3.63) is 87.2 Å². The smallest absolute Gasteiger partial charge is 0.416 e. The van der Waals surface area contributed by atoms with Gasteiger partial charge in [0.2, 0.25) is 5.91 Å². The first-order chi connectivity index (χ1) is 21.6. The summed E-state index contributed by atoms with van der Waals surface area (Å²) in [5.41, 5.74) is 2.16. The summed E-state index contributed by atoms with van der Waals surface area (Å²) in [5, 5.41) is 17.2. The minimum atomic E-state index is -4.76. The highest BCUT2D eigenvalue weighted by Gasteiger charge is 2.36. The highest BCUT2D eigenvalue weighted by atomic mass is 19.4. The number of pyridine rings is 1. The summed E-state index contributed by atoms with van der Waals surface area (Å²) in [6, 6.07) is 5.72. The van der Waals surface area contributed by atoms with E-state index in [9.17, 15) is 32.7 Å². The van der Waals surface area contributed by atoms with Crippen LogP contribution in [0.5, 0.6) is 0 Å². The van der Waals surface area contributed by atoms with E-state index in [1.807, 2.05) is 45.9 Å². The molecular formula is C33H39F3N6O4. The van der Waals surface area contributed by atoms with Crippen molar-refractivity contribution >= 4 is 17.5 Å². The second kappa shape index (κ2) is 13.9. The quantitative estimate of drug-likeness (QED) is 0.218. The number of carbonyl (C=O) groups excluding carboxylic acids is 1. The Hall–Kier alpha value is -4.52. The van der Waals surface area contributed by atoms with Crippen molar-refractivity contribution in [1.29, 1.82) is 0 Å². The van der Waals surface area contributed by atoms with Crippen molar-refractivity contribution in [2.24, 2.45) is 5.92 Å². The number of alkyl halides is 3. The Bertz CT molecular complexity index is 1770. The Balaban J connectivity index is 1.81. The van der Waals surface area contributed by atoms with Crippen LogP contribution in [-0.2, 0) is 22.2 Å². The zero-order chi connectivity index (χ0) is 33.9. The monoisotopic (exact) mass is 640 g/mol. The third-order valence-corrected chi connectivity index (χ3v) is 7.81. The summed E-state index contributed by atoms with van der Waals surface area (Å²) in [5.74, 6) is -2.05. The predicted molar refractivity (Wildman–Crippen MR) is 167 cm³/mol. The van der Waals surface area contributed by atoms with E-state index < -0.39 is 47.7 Å². The Kier molecular flexibility index (Phi) is 10.3. The first-order valence-corrected chi connectivity index (χ1v) is 15.0. The SMILES string of the molecule is Cc1cccc(C)c1-c1cc(C(CC(=O)O)NC(=O)C(CC(C)C)n2cc(CCN(C)C)c(C(F)(F)F)cc2=O)nn2ccnc12. The lowest BCUT2D eigenvalue weighted by Gasteiger charge is -2.26. The highest BCUT2D eigenvalue weighted by molar-refractivity contribution is 5.83. The molecule has 0 saturated heterocycles. The molecule has 13 heteroatoms. The molecule has 0 aliphatic heterocycles. The zero-order valence-electron chi connectivity index (χ0n) is 26.7. The lowest BCUT2D eigenvalue weighted by Crippen LogP contribution is -2.41. The molecule has 1 aromatic carbocycles. The van der Waals surface area contributed by atoms with Gasteiger partial charge in [-0.1, -0.05) is 32.0 Å². The van der Waals surface area contributed by atoms with E-state index in [-0.39, 0.29) is 36.6 Å². The summed E-state index contributed by atoms with van der Waals surface area (Å²) in [6.07, 6.45) is -0.877. The predicted octanol–water partition coefficient (Wildman–Crippen LogP) is 5.22. The average Bonchev–Trinajstić information content (AvgIpc) is 3.43. The fourth-order valence-electron chi connectivity index (χ4n) is 5.64. The van der Waals surface area contributed by atoms with E-state index in [4.69, 9.17) is 0 Å². The van der Waals surface area contributed by atoms with Gasteiger partial charge in [-0.25, -0.2) is 9.50 Å². The molecule has 4 rings (SSSR count). The van der Waals surface area contributed by atoms with Crippen LogP contribution < -0.4 is 10.9 Å².